The van der Waals surface area contributed by atoms with Crippen LogP contribution in [-0.4, -0.2) is 42.6 Å². The van der Waals surface area contributed by atoms with Gasteiger partial charge < -0.3 is 24.7 Å². The number of benzene rings is 1. The molecule has 0 aromatic heterocycles. The van der Waals surface area contributed by atoms with E-state index in [0.717, 1.165) is 0 Å². The molecule has 0 amide bonds. The first-order valence-corrected chi connectivity index (χ1v) is 13.6. The van der Waals surface area contributed by atoms with Gasteiger partial charge >= 0.3 is 23.9 Å². The van der Waals surface area contributed by atoms with Gasteiger partial charge in [0.05, 0.1) is 16.2 Å². The molecule has 9 nitrogen and oxygen atoms in total. The van der Waals surface area contributed by atoms with Gasteiger partial charge in [0, 0.05) is 0 Å². The molecule has 0 aliphatic carbocycles. The fraction of sp³-hybridized carbons (Fsp3) is 0.667. The maximum absolute atomic E-state index is 12.8. The van der Waals surface area contributed by atoms with E-state index in [-0.39, 0.29) is 30.5 Å². The van der Waals surface area contributed by atoms with Crippen LogP contribution in [0.5, 0.6) is 11.5 Å². The molecule has 1 aromatic carbocycles. The molecule has 0 fully saturated rings. The number of hydrogen-bond donors (Lipinski definition) is 1. The lowest BCUT2D eigenvalue weighted by Crippen LogP contribution is -2.37. The Balaban J connectivity index is 3.01. The van der Waals surface area contributed by atoms with Gasteiger partial charge in [0.1, 0.15) is 18.8 Å². The van der Waals surface area contributed by atoms with Crippen molar-refractivity contribution in [3.05, 3.63) is 23.8 Å². The minimum Gasteiger partial charge on any atom is -0.461 e. The highest BCUT2D eigenvalue weighted by Crippen LogP contribution is 2.34. The molecule has 0 saturated heterocycles. The first kappa shape index (κ1) is 34.1. The third kappa shape index (κ3) is 9.95. The number of esters is 4. The summed E-state index contributed by atoms with van der Waals surface area (Å²) in [6, 6.07) is 3.68. The molecule has 0 saturated carbocycles. The van der Waals surface area contributed by atoms with Crippen molar-refractivity contribution in [3.8, 4) is 11.5 Å². The number of rotatable bonds is 14. The normalized spacial score (nSPS) is 13.7. The van der Waals surface area contributed by atoms with Gasteiger partial charge in [0.25, 0.3) is 0 Å². The second-order valence-corrected chi connectivity index (χ2v) is 11.9. The maximum Gasteiger partial charge on any atom is 0.323 e. The molecule has 0 bridgehead atoms. The van der Waals surface area contributed by atoms with E-state index in [2.05, 4.69) is 0 Å². The highest BCUT2D eigenvalue weighted by Gasteiger charge is 2.32. The minimum atomic E-state index is -1.02. The second-order valence-electron chi connectivity index (χ2n) is 11.9. The van der Waals surface area contributed by atoms with E-state index >= 15 is 0 Å². The second kappa shape index (κ2) is 13.9. The summed E-state index contributed by atoms with van der Waals surface area (Å²) in [5.74, 6) is -1.80. The summed E-state index contributed by atoms with van der Waals surface area (Å²) < 4.78 is 21.9. The van der Waals surface area contributed by atoms with E-state index in [9.17, 15) is 19.2 Å². The molecule has 39 heavy (non-hydrogen) atoms. The lowest BCUT2D eigenvalue weighted by atomic mass is 9.90. The van der Waals surface area contributed by atoms with E-state index in [1.165, 1.54) is 12.1 Å². The highest BCUT2D eigenvalue weighted by atomic mass is 16.6. The van der Waals surface area contributed by atoms with E-state index in [0.29, 0.717) is 24.8 Å². The summed E-state index contributed by atoms with van der Waals surface area (Å²) >= 11 is 0. The van der Waals surface area contributed by atoms with Crippen LogP contribution >= 0.6 is 0 Å². The predicted octanol–water partition coefficient (Wildman–Crippen LogP) is 5.15. The molecule has 1 aromatic rings. The molecule has 0 heterocycles. The smallest absolute Gasteiger partial charge is 0.323 e. The molecule has 0 radical (unpaired) electrons. The zero-order valence-electron chi connectivity index (χ0n) is 25.3. The molecule has 2 atom stereocenters. The van der Waals surface area contributed by atoms with Gasteiger partial charge in [0.2, 0.25) is 0 Å². The largest absolute Gasteiger partial charge is 0.461 e. The Morgan fingerprint density at radius 2 is 1.23 bits per heavy atom. The number of carbonyl (C=O) groups is 4. The Kier molecular flexibility index (Phi) is 12.2. The molecule has 0 spiro atoms. The van der Waals surface area contributed by atoms with Crippen molar-refractivity contribution in [2.24, 2.45) is 22.0 Å². The maximum atomic E-state index is 12.8. The summed E-state index contributed by atoms with van der Waals surface area (Å²) in [6.07, 6.45) is 1.17. The van der Waals surface area contributed by atoms with Crippen molar-refractivity contribution in [2.45, 2.75) is 107 Å². The predicted molar refractivity (Wildman–Crippen MR) is 148 cm³/mol. The first-order chi connectivity index (χ1) is 17.9. The number of nitrogens with two attached hydrogens (primary N) is 1. The average molecular weight is 550 g/mol. The lowest BCUT2D eigenvalue weighted by molar-refractivity contribution is -0.166. The minimum absolute atomic E-state index is 0.0684. The average Bonchev–Trinajstić information content (AvgIpc) is 2.88. The van der Waals surface area contributed by atoms with Gasteiger partial charge in [-0.2, -0.15) is 0 Å². The SMILES string of the molecule is CCC(C)(C)C(=O)Oc1ccc(C[C@H](N)C(=O)OC[C@H](C)OC(=O)C(C)(C)CC)cc1OC(=O)C(C)(C)CC. The quantitative estimate of drug-likeness (QED) is 0.247. The van der Waals surface area contributed by atoms with Crippen LogP contribution in [0.25, 0.3) is 0 Å². The molecular formula is C30H47NO8. The van der Waals surface area contributed by atoms with Crippen LogP contribution in [0.1, 0.15) is 94.1 Å². The first-order valence-electron chi connectivity index (χ1n) is 13.6. The van der Waals surface area contributed by atoms with Gasteiger partial charge in [-0.1, -0.05) is 26.8 Å². The van der Waals surface area contributed by atoms with Gasteiger partial charge in [-0.15, -0.1) is 0 Å². The molecule has 1 rings (SSSR count). The molecular weight excluding hydrogens is 502 g/mol. The van der Waals surface area contributed by atoms with Gasteiger partial charge in [-0.25, -0.2) is 0 Å². The Morgan fingerprint density at radius 3 is 1.72 bits per heavy atom. The number of carbonyl (C=O) groups excluding carboxylic acids is 4. The van der Waals surface area contributed by atoms with Crippen molar-refractivity contribution in [3.63, 3.8) is 0 Å². The number of hydrogen-bond acceptors (Lipinski definition) is 9. The van der Waals surface area contributed by atoms with Crippen LogP contribution in [0.3, 0.4) is 0 Å². The summed E-state index contributed by atoms with van der Waals surface area (Å²) in [4.78, 5) is 50.3. The van der Waals surface area contributed by atoms with Gasteiger partial charge in [-0.3, -0.25) is 19.2 Å². The zero-order chi connectivity index (χ0) is 30.2. The van der Waals surface area contributed by atoms with Crippen LogP contribution in [0.2, 0.25) is 0 Å². The van der Waals surface area contributed by atoms with Crippen molar-refractivity contribution < 1.29 is 38.1 Å². The lowest BCUT2D eigenvalue weighted by Gasteiger charge is -2.24. The highest BCUT2D eigenvalue weighted by molar-refractivity contribution is 5.82. The van der Waals surface area contributed by atoms with Crippen molar-refractivity contribution in [2.75, 3.05) is 6.61 Å². The topological polar surface area (TPSA) is 131 Å². The third-order valence-corrected chi connectivity index (χ3v) is 7.25. The molecule has 0 unspecified atom stereocenters. The summed E-state index contributed by atoms with van der Waals surface area (Å²) in [7, 11) is 0. The Morgan fingerprint density at radius 1 is 0.769 bits per heavy atom. The molecule has 0 aliphatic rings. The van der Waals surface area contributed by atoms with E-state index in [4.69, 9.17) is 24.7 Å². The number of ether oxygens (including phenoxy) is 4. The Hall–Kier alpha value is -2.94. The standard InChI is InChI=1S/C30H47NO8/c1-11-28(5,6)25(33)37-19(4)18-36-24(32)21(31)16-20-14-15-22(38-26(34)29(7,8)12-2)23(17-20)39-27(35)30(9,10)13-3/h14-15,17,19,21H,11-13,16,18,31H2,1-10H3/t19-,21-/m0/s1. The van der Waals surface area contributed by atoms with Gasteiger partial charge in [0.15, 0.2) is 11.5 Å². The summed E-state index contributed by atoms with van der Waals surface area (Å²) in [5.41, 5.74) is 4.55. The zero-order valence-corrected chi connectivity index (χ0v) is 25.3. The fourth-order valence-electron chi connectivity index (χ4n) is 2.77. The third-order valence-electron chi connectivity index (χ3n) is 7.25. The molecule has 0 aliphatic heterocycles. The van der Waals surface area contributed by atoms with E-state index in [1.807, 2.05) is 20.8 Å². The Bertz CT molecular complexity index is 1030. The summed E-state index contributed by atoms with van der Waals surface area (Å²) in [6.45, 7) is 17.8. The summed E-state index contributed by atoms with van der Waals surface area (Å²) in [5, 5.41) is 0. The van der Waals surface area contributed by atoms with Gasteiger partial charge in [-0.05, 0) is 91.8 Å². The van der Waals surface area contributed by atoms with E-state index in [1.54, 1.807) is 54.5 Å². The fourth-order valence-corrected chi connectivity index (χ4v) is 2.77. The van der Waals surface area contributed by atoms with Crippen LogP contribution in [0, 0.1) is 16.2 Å². The monoisotopic (exact) mass is 549 g/mol. The van der Waals surface area contributed by atoms with Crippen LogP contribution < -0.4 is 15.2 Å². The van der Waals surface area contributed by atoms with Crippen LogP contribution in [0.4, 0.5) is 0 Å². The molecule has 2 N–H and O–H groups in total. The van der Waals surface area contributed by atoms with Crippen molar-refractivity contribution >= 4 is 23.9 Å². The van der Waals surface area contributed by atoms with Crippen LogP contribution in [0.15, 0.2) is 18.2 Å². The Labute approximate surface area is 233 Å². The molecule has 220 valence electrons. The van der Waals surface area contributed by atoms with Crippen molar-refractivity contribution in [1.82, 2.24) is 0 Å². The van der Waals surface area contributed by atoms with E-state index < -0.39 is 46.3 Å². The van der Waals surface area contributed by atoms with Crippen molar-refractivity contribution in [1.29, 1.82) is 0 Å². The van der Waals surface area contributed by atoms with Crippen LogP contribution in [-0.2, 0) is 35.1 Å². The molecule has 9 heteroatoms.